The molecule has 1 aliphatic rings. The third kappa shape index (κ3) is 3.65. The third-order valence-corrected chi connectivity index (χ3v) is 4.67. The molecule has 5 nitrogen and oxygen atoms in total. The highest BCUT2D eigenvalue weighted by Gasteiger charge is 2.23. The zero-order valence-electron chi connectivity index (χ0n) is 9.97. The van der Waals surface area contributed by atoms with Crippen molar-refractivity contribution in [1.29, 1.82) is 0 Å². The Morgan fingerprint density at radius 3 is 2.72 bits per heavy atom. The molecule has 2 rings (SSSR count). The first-order chi connectivity index (χ1) is 8.58. The summed E-state index contributed by atoms with van der Waals surface area (Å²) in [5.41, 5.74) is 0.801. The number of nitrogens with one attached hydrogen (secondary N) is 1. The van der Waals surface area contributed by atoms with Crippen LogP contribution < -0.4 is 4.72 Å². The molecular weight excluding hydrogens is 274 g/mol. The highest BCUT2D eigenvalue weighted by molar-refractivity contribution is 7.87. The lowest BCUT2D eigenvalue weighted by Crippen LogP contribution is -2.43. The van der Waals surface area contributed by atoms with Crippen molar-refractivity contribution in [1.82, 2.24) is 14.0 Å². The lowest BCUT2D eigenvalue weighted by Gasteiger charge is -2.25. The number of hydrogen-bond donors (Lipinski definition) is 1. The van der Waals surface area contributed by atoms with Crippen LogP contribution in [0.5, 0.6) is 0 Å². The van der Waals surface area contributed by atoms with Crippen molar-refractivity contribution in [3.05, 3.63) is 29.0 Å². The standard InChI is InChI=1S/C11H16ClN3O2S/c12-11-8-10(4-5-13-11)9-14-18(16,17)15-6-2-1-3-7-15/h4-5,8,14H,1-3,6-7,9H2. The molecule has 1 aliphatic heterocycles. The van der Waals surface area contributed by atoms with Gasteiger partial charge in [-0.05, 0) is 30.5 Å². The number of rotatable bonds is 4. The summed E-state index contributed by atoms with van der Waals surface area (Å²) in [7, 11) is -3.37. The summed E-state index contributed by atoms with van der Waals surface area (Å²) in [6, 6.07) is 3.39. The Bertz CT molecular complexity index is 501. The van der Waals surface area contributed by atoms with Crippen LogP contribution in [0.2, 0.25) is 5.15 Å². The minimum Gasteiger partial charge on any atom is -0.245 e. The van der Waals surface area contributed by atoms with Gasteiger partial charge < -0.3 is 0 Å². The van der Waals surface area contributed by atoms with Crippen LogP contribution >= 0.6 is 11.6 Å². The fourth-order valence-corrected chi connectivity index (χ4v) is 3.39. The van der Waals surface area contributed by atoms with Gasteiger partial charge in [0, 0.05) is 25.8 Å². The summed E-state index contributed by atoms with van der Waals surface area (Å²) < 4.78 is 28.1. The quantitative estimate of drug-likeness (QED) is 0.856. The molecule has 1 aromatic heterocycles. The Balaban J connectivity index is 1.96. The van der Waals surface area contributed by atoms with Crippen molar-refractivity contribution >= 4 is 21.8 Å². The summed E-state index contributed by atoms with van der Waals surface area (Å²) in [6.45, 7) is 1.44. The number of pyridine rings is 1. The Kier molecular flexibility index (Phi) is 4.55. The predicted molar refractivity (Wildman–Crippen MR) is 70.4 cm³/mol. The van der Waals surface area contributed by atoms with E-state index in [2.05, 4.69) is 9.71 Å². The molecular formula is C11H16ClN3O2S. The highest BCUT2D eigenvalue weighted by Crippen LogP contribution is 2.13. The molecule has 1 aromatic rings. The van der Waals surface area contributed by atoms with E-state index in [1.807, 2.05) is 0 Å². The van der Waals surface area contributed by atoms with E-state index in [9.17, 15) is 8.42 Å². The van der Waals surface area contributed by atoms with E-state index in [4.69, 9.17) is 11.6 Å². The molecule has 100 valence electrons. The second-order valence-corrected chi connectivity index (χ2v) is 6.42. The Morgan fingerprint density at radius 1 is 1.33 bits per heavy atom. The zero-order valence-corrected chi connectivity index (χ0v) is 11.5. The fraction of sp³-hybridized carbons (Fsp3) is 0.545. The maximum Gasteiger partial charge on any atom is 0.279 e. The summed E-state index contributed by atoms with van der Waals surface area (Å²) >= 11 is 5.74. The molecule has 18 heavy (non-hydrogen) atoms. The number of hydrogen-bond acceptors (Lipinski definition) is 3. The average molecular weight is 290 g/mol. The normalized spacial score (nSPS) is 17.8. The van der Waals surface area contributed by atoms with Gasteiger partial charge in [0.1, 0.15) is 5.15 Å². The second-order valence-electron chi connectivity index (χ2n) is 4.27. The largest absolute Gasteiger partial charge is 0.279 e. The van der Waals surface area contributed by atoms with Gasteiger partial charge in [-0.2, -0.15) is 17.4 Å². The van der Waals surface area contributed by atoms with Crippen LogP contribution in [-0.4, -0.2) is 30.8 Å². The molecule has 1 fully saturated rings. The maximum absolute atomic E-state index is 12.0. The molecule has 2 heterocycles. The lowest BCUT2D eigenvalue weighted by molar-refractivity contribution is 0.341. The molecule has 1 N–H and O–H groups in total. The van der Waals surface area contributed by atoms with Gasteiger partial charge in [0.2, 0.25) is 0 Å². The van der Waals surface area contributed by atoms with Gasteiger partial charge in [-0.15, -0.1) is 0 Å². The molecule has 0 unspecified atom stereocenters. The molecule has 1 saturated heterocycles. The van der Waals surface area contributed by atoms with E-state index in [0.717, 1.165) is 24.8 Å². The summed E-state index contributed by atoms with van der Waals surface area (Å²) in [6.07, 6.45) is 4.53. The van der Waals surface area contributed by atoms with E-state index in [-0.39, 0.29) is 6.54 Å². The van der Waals surface area contributed by atoms with E-state index in [1.165, 1.54) is 4.31 Å². The van der Waals surface area contributed by atoms with Crippen molar-refractivity contribution in [2.45, 2.75) is 25.8 Å². The number of aromatic nitrogens is 1. The van der Waals surface area contributed by atoms with Gasteiger partial charge in [-0.3, -0.25) is 0 Å². The first kappa shape index (κ1) is 13.7. The SMILES string of the molecule is O=S(=O)(NCc1ccnc(Cl)c1)N1CCCCC1. The monoisotopic (exact) mass is 289 g/mol. The molecule has 0 aromatic carbocycles. The van der Waals surface area contributed by atoms with Gasteiger partial charge >= 0.3 is 0 Å². The first-order valence-corrected chi connectivity index (χ1v) is 7.75. The summed E-state index contributed by atoms with van der Waals surface area (Å²) in [5.74, 6) is 0. The van der Waals surface area contributed by atoms with Crippen LogP contribution in [0.25, 0.3) is 0 Å². The van der Waals surface area contributed by atoms with Crippen LogP contribution in [0.4, 0.5) is 0 Å². The fourth-order valence-electron chi connectivity index (χ4n) is 1.92. The topological polar surface area (TPSA) is 62.3 Å². The first-order valence-electron chi connectivity index (χ1n) is 5.93. The smallest absolute Gasteiger partial charge is 0.245 e. The van der Waals surface area contributed by atoms with Crippen LogP contribution in [0.1, 0.15) is 24.8 Å². The second kappa shape index (κ2) is 5.97. The Hall–Kier alpha value is -0.690. The van der Waals surface area contributed by atoms with Crippen molar-refractivity contribution < 1.29 is 8.42 Å². The van der Waals surface area contributed by atoms with Gasteiger partial charge in [0.25, 0.3) is 10.2 Å². The average Bonchev–Trinajstić information content (AvgIpc) is 2.38. The van der Waals surface area contributed by atoms with Gasteiger partial charge in [0.15, 0.2) is 0 Å². The Morgan fingerprint density at radius 2 is 2.06 bits per heavy atom. The van der Waals surface area contributed by atoms with Crippen molar-refractivity contribution in [2.75, 3.05) is 13.1 Å². The van der Waals surface area contributed by atoms with Crippen LogP contribution in [0.15, 0.2) is 18.3 Å². The molecule has 7 heteroatoms. The van der Waals surface area contributed by atoms with Crippen molar-refractivity contribution in [2.24, 2.45) is 0 Å². The lowest BCUT2D eigenvalue weighted by atomic mass is 10.2. The van der Waals surface area contributed by atoms with Gasteiger partial charge in [-0.25, -0.2) is 4.98 Å². The highest BCUT2D eigenvalue weighted by atomic mass is 35.5. The predicted octanol–water partition coefficient (Wildman–Crippen LogP) is 1.56. The molecule has 0 atom stereocenters. The van der Waals surface area contributed by atoms with E-state index < -0.39 is 10.2 Å². The number of piperidine rings is 1. The maximum atomic E-state index is 12.0. The van der Waals surface area contributed by atoms with Gasteiger partial charge in [-0.1, -0.05) is 18.0 Å². The minimum absolute atomic E-state index is 0.237. The van der Waals surface area contributed by atoms with Gasteiger partial charge in [0.05, 0.1) is 0 Å². The zero-order chi connectivity index (χ0) is 13.0. The minimum atomic E-state index is -3.37. The number of nitrogens with zero attached hydrogens (tertiary/aromatic N) is 2. The van der Waals surface area contributed by atoms with E-state index >= 15 is 0 Å². The van der Waals surface area contributed by atoms with E-state index in [1.54, 1.807) is 18.3 Å². The molecule has 0 radical (unpaired) electrons. The number of halogens is 1. The Labute approximate surface area is 112 Å². The summed E-state index contributed by atoms with van der Waals surface area (Å²) in [4.78, 5) is 3.85. The molecule has 0 spiro atoms. The van der Waals surface area contributed by atoms with Crippen LogP contribution in [0, 0.1) is 0 Å². The van der Waals surface area contributed by atoms with Crippen LogP contribution in [0.3, 0.4) is 0 Å². The molecule has 0 aliphatic carbocycles. The molecule has 0 bridgehead atoms. The van der Waals surface area contributed by atoms with E-state index in [0.29, 0.717) is 18.2 Å². The molecule has 0 amide bonds. The van der Waals surface area contributed by atoms with Crippen molar-refractivity contribution in [3.63, 3.8) is 0 Å². The van der Waals surface area contributed by atoms with Crippen molar-refractivity contribution in [3.8, 4) is 0 Å². The third-order valence-electron chi connectivity index (χ3n) is 2.90. The summed E-state index contributed by atoms with van der Waals surface area (Å²) in [5, 5.41) is 0.365. The molecule has 0 saturated carbocycles. The van der Waals surface area contributed by atoms with Crippen LogP contribution in [-0.2, 0) is 16.8 Å².